The zero-order valence-corrected chi connectivity index (χ0v) is 13.8. The van der Waals surface area contributed by atoms with Crippen molar-refractivity contribution in [1.82, 2.24) is 5.32 Å². The Kier molecular flexibility index (Phi) is 6.14. The molecule has 0 aliphatic carbocycles. The van der Waals surface area contributed by atoms with Gasteiger partial charge in [-0.3, -0.25) is 4.79 Å². The molecule has 7 heteroatoms. The number of amides is 1. The molecule has 0 saturated heterocycles. The van der Waals surface area contributed by atoms with Crippen molar-refractivity contribution in [3.63, 3.8) is 0 Å². The predicted octanol–water partition coefficient (Wildman–Crippen LogP) is 4.16. The Morgan fingerprint density at radius 1 is 1.08 bits per heavy atom. The van der Waals surface area contributed by atoms with Gasteiger partial charge in [0.05, 0.1) is 0 Å². The number of carbonyl (C=O) groups is 1. The van der Waals surface area contributed by atoms with Crippen molar-refractivity contribution in [2.75, 3.05) is 25.0 Å². The zero-order chi connectivity index (χ0) is 17.6. The van der Waals surface area contributed by atoms with E-state index in [4.69, 9.17) is 0 Å². The van der Waals surface area contributed by atoms with E-state index in [1.807, 2.05) is 42.3 Å². The standard InChI is InChI=1S/C17H17F3N2OS/c1-22(14-5-3-2-4-6-14)12-11-21-16(23)13-7-9-15(10-8-13)24-17(18,19)20/h2-10H,11-12H2,1H3,(H,21,23). The van der Waals surface area contributed by atoms with Crippen LogP contribution in [0.4, 0.5) is 18.9 Å². The molecule has 2 rings (SSSR count). The summed E-state index contributed by atoms with van der Waals surface area (Å²) in [5, 5.41) is 2.76. The number of halogens is 3. The SMILES string of the molecule is CN(CCNC(=O)c1ccc(SC(F)(F)F)cc1)c1ccccc1. The fourth-order valence-electron chi connectivity index (χ4n) is 2.06. The Bertz CT molecular complexity index is 660. The molecule has 0 bridgehead atoms. The lowest BCUT2D eigenvalue weighted by molar-refractivity contribution is -0.0328. The predicted molar refractivity (Wildman–Crippen MR) is 90.4 cm³/mol. The third-order valence-corrected chi connectivity index (χ3v) is 4.02. The molecule has 2 aromatic carbocycles. The van der Waals surface area contributed by atoms with Gasteiger partial charge in [0.1, 0.15) is 0 Å². The van der Waals surface area contributed by atoms with E-state index < -0.39 is 5.51 Å². The summed E-state index contributed by atoms with van der Waals surface area (Å²) in [6.07, 6.45) is 0. The first-order valence-corrected chi connectivity index (χ1v) is 8.07. The Hall–Kier alpha value is -2.15. The Labute approximate surface area is 142 Å². The van der Waals surface area contributed by atoms with Gasteiger partial charge < -0.3 is 10.2 Å². The van der Waals surface area contributed by atoms with Gasteiger partial charge in [-0.2, -0.15) is 13.2 Å². The van der Waals surface area contributed by atoms with Gasteiger partial charge in [-0.15, -0.1) is 0 Å². The second-order valence-corrected chi connectivity index (χ2v) is 6.22. The minimum absolute atomic E-state index is 0.0582. The molecule has 0 atom stereocenters. The lowest BCUT2D eigenvalue weighted by Gasteiger charge is -2.19. The van der Waals surface area contributed by atoms with Crippen LogP contribution in [0.15, 0.2) is 59.5 Å². The van der Waals surface area contributed by atoms with E-state index >= 15 is 0 Å². The van der Waals surface area contributed by atoms with E-state index in [9.17, 15) is 18.0 Å². The Morgan fingerprint density at radius 3 is 2.29 bits per heavy atom. The third-order valence-electron chi connectivity index (χ3n) is 3.28. The molecular formula is C17H17F3N2OS. The molecule has 0 saturated carbocycles. The highest BCUT2D eigenvalue weighted by molar-refractivity contribution is 8.00. The summed E-state index contributed by atoms with van der Waals surface area (Å²) in [7, 11) is 1.92. The van der Waals surface area contributed by atoms with Gasteiger partial charge in [-0.05, 0) is 48.2 Å². The topological polar surface area (TPSA) is 32.3 Å². The number of benzene rings is 2. The smallest absolute Gasteiger partial charge is 0.373 e. The van der Waals surface area contributed by atoms with Gasteiger partial charge in [0, 0.05) is 36.3 Å². The highest BCUT2D eigenvalue weighted by Crippen LogP contribution is 2.36. The van der Waals surface area contributed by atoms with Crippen LogP contribution >= 0.6 is 11.8 Å². The molecule has 0 heterocycles. The van der Waals surface area contributed by atoms with Crippen LogP contribution in [0.25, 0.3) is 0 Å². The average molecular weight is 354 g/mol. The van der Waals surface area contributed by atoms with Crippen molar-refractivity contribution in [3.8, 4) is 0 Å². The quantitative estimate of drug-likeness (QED) is 0.791. The maximum absolute atomic E-state index is 12.3. The van der Waals surface area contributed by atoms with E-state index in [2.05, 4.69) is 5.32 Å². The fourth-order valence-corrected chi connectivity index (χ4v) is 2.60. The van der Waals surface area contributed by atoms with Gasteiger partial charge in [-0.25, -0.2) is 0 Å². The second-order valence-electron chi connectivity index (χ2n) is 5.09. The molecule has 128 valence electrons. The number of hydrogen-bond acceptors (Lipinski definition) is 3. The van der Waals surface area contributed by atoms with Gasteiger partial charge in [0.2, 0.25) is 0 Å². The van der Waals surface area contributed by atoms with Gasteiger partial charge in [0.15, 0.2) is 0 Å². The third kappa shape index (κ3) is 5.81. The number of alkyl halides is 3. The number of likely N-dealkylation sites (N-methyl/N-ethyl adjacent to an activating group) is 1. The monoisotopic (exact) mass is 354 g/mol. The molecule has 24 heavy (non-hydrogen) atoms. The first kappa shape index (κ1) is 18.2. The molecule has 0 aliphatic rings. The summed E-state index contributed by atoms with van der Waals surface area (Å²) >= 11 is -0.198. The molecule has 1 N–H and O–H groups in total. The van der Waals surface area contributed by atoms with E-state index in [0.29, 0.717) is 18.7 Å². The fraction of sp³-hybridized carbons (Fsp3) is 0.235. The van der Waals surface area contributed by atoms with Crippen LogP contribution < -0.4 is 10.2 Å². The number of carbonyl (C=O) groups excluding carboxylic acids is 1. The molecule has 0 unspecified atom stereocenters. The summed E-state index contributed by atoms with van der Waals surface area (Å²) in [5.41, 5.74) is -2.95. The van der Waals surface area contributed by atoms with Crippen molar-refractivity contribution in [2.45, 2.75) is 10.4 Å². The van der Waals surface area contributed by atoms with E-state index in [1.165, 1.54) is 24.3 Å². The van der Waals surface area contributed by atoms with E-state index in [-0.39, 0.29) is 22.6 Å². The summed E-state index contributed by atoms with van der Waals surface area (Å²) < 4.78 is 36.8. The van der Waals surface area contributed by atoms with Crippen LogP contribution in [0, 0.1) is 0 Å². The maximum atomic E-state index is 12.3. The molecule has 0 aliphatic heterocycles. The molecule has 1 amide bonds. The number of para-hydroxylation sites is 1. The van der Waals surface area contributed by atoms with Crippen molar-refractivity contribution in [2.24, 2.45) is 0 Å². The molecule has 3 nitrogen and oxygen atoms in total. The molecule has 0 fully saturated rings. The zero-order valence-electron chi connectivity index (χ0n) is 13.0. The Morgan fingerprint density at radius 2 is 1.71 bits per heavy atom. The van der Waals surface area contributed by atoms with Crippen LogP contribution in [0.2, 0.25) is 0 Å². The largest absolute Gasteiger partial charge is 0.446 e. The first-order valence-electron chi connectivity index (χ1n) is 7.25. The van der Waals surface area contributed by atoms with E-state index in [0.717, 1.165) is 5.69 Å². The van der Waals surface area contributed by atoms with Gasteiger partial charge in [0.25, 0.3) is 5.91 Å². The molecule has 2 aromatic rings. The maximum Gasteiger partial charge on any atom is 0.446 e. The summed E-state index contributed by atoms with van der Waals surface area (Å²) in [6.45, 7) is 1.06. The first-order chi connectivity index (χ1) is 11.3. The highest BCUT2D eigenvalue weighted by atomic mass is 32.2. The van der Waals surface area contributed by atoms with E-state index in [1.54, 1.807) is 0 Å². The van der Waals surface area contributed by atoms with Crippen LogP contribution in [0.1, 0.15) is 10.4 Å². The van der Waals surface area contributed by atoms with Crippen molar-refractivity contribution < 1.29 is 18.0 Å². The van der Waals surface area contributed by atoms with Gasteiger partial charge in [-0.1, -0.05) is 18.2 Å². The number of hydrogen-bond donors (Lipinski definition) is 1. The second kappa shape index (κ2) is 8.10. The minimum atomic E-state index is -4.33. The van der Waals surface area contributed by atoms with Gasteiger partial charge >= 0.3 is 5.51 Å². The molecule has 0 spiro atoms. The minimum Gasteiger partial charge on any atom is -0.373 e. The number of nitrogens with zero attached hydrogens (tertiary/aromatic N) is 1. The number of rotatable bonds is 6. The molecular weight excluding hydrogens is 337 g/mol. The van der Waals surface area contributed by atoms with Crippen LogP contribution in [-0.2, 0) is 0 Å². The average Bonchev–Trinajstić information content (AvgIpc) is 2.54. The molecule has 0 aromatic heterocycles. The highest BCUT2D eigenvalue weighted by Gasteiger charge is 2.29. The normalized spacial score (nSPS) is 11.2. The Balaban J connectivity index is 1.82. The van der Waals surface area contributed by atoms with Crippen LogP contribution in [0.5, 0.6) is 0 Å². The van der Waals surface area contributed by atoms with Crippen molar-refractivity contribution in [3.05, 3.63) is 60.2 Å². The van der Waals surface area contributed by atoms with Crippen molar-refractivity contribution in [1.29, 1.82) is 0 Å². The number of nitrogens with one attached hydrogen (secondary N) is 1. The molecule has 0 radical (unpaired) electrons. The summed E-state index contributed by atoms with van der Waals surface area (Å²) in [6, 6.07) is 15.1. The summed E-state index contributed by atoms with van der Waals surface area (Å²) in [5.74, 6) is -0.306. The lowest BCUT2D eigenvalue weighted by Crippen LogP contribution is -2.32. The van der Waals surface area contributed by atoms with Crippen LogP contribution in [0.3, 0.4) is 0 Å². The number of thioether (sulfide) groups is 1. The van der Waals surface area contributed by atoms with Crippen LogP contribution in [-0.4, -0.2) is 31.6 Å². The van der Waals surface area contributed by atoms with Crippen molar-refractivity contribution >= 4 is 23.4 Å². The number of anilines is 1. The summed E-state index contributed by atoms with van der Waals surface area (Å²) in [4.78, 5) is 14.1. The lowest BCUT2D eigenvalue weighted by atomic mass is 10.2.